The second-order valence-corrected chi connectivity index (χ2v) is 7.34. The molecule has 1 aromatic carbocycles. The normalized spacial score (nSPS) is 15.9. The van der Waals surface area contributed by atoms with Crippen LogP contribution >= 0.6 is 23.1 Å². The summed E-state index contributed by atoms with van der Waals surface area (Å²) in [5.41, 5.74) is 1.79. The highest BCUT2D eigenvalue weighted by Gasteiger charge is 2.34. The van der Waals surface area contributed by atoms with Crippen LogP contribution in [0.3, 0.4) is 0 Å². The zero-order valence-corrected chi connectivity index (χ0v) is 15.2. The number of rotatable bonds is 5. The number of thiophene rings is 1. The first-order valence-corrected chi connectivity index (χ1v) is 9.38. The van der Waals surface area contributed by atoms with E-state index in [4.69, 9.17) is 0 Å². The van der Waals surface area contributed by atoms with Crippen molar-refractivity contribution in [2.45, 2.75) is 6.92 Å². The summed E-state index contributed by atoms with van der Waals surface area (Å²) in [7, 11) is 0. The first-order chi connectivity index (χ1) is 12.1. The molecule has 5 nitrogen and oxygen atoms in total. The van der Waals surface area contributed by atoms with Crippen LogP contribution < -0.4 is 5.32 Å². The third kappa shape index (κ3) is 4.00. The molecule has 1 N–H and O–H groups in total. The van der Waals surface area contributed by atoms with Crippen molar-refractivity contribution in [3.05, 3.63) is 62.7 Å². The van der Waals surface area contributed by atoms with E-state index >= 15 is 0 Å². The molecule has 7 heteroatoms. The molecule has 1 aromatic heterocycles. The molecular formula is C18H16N2O3S2. The summed E-state index contributed by atoms with van der Waals surface area (Å²) in [5, 5.41) is 4.30. The Bertz CT molecular complexity index is 843. The fourth-order valence-corrected chi connectivity index (χ4v) is 4.07. The van der Waals surface area contributed by atoms with E-state index in [9.17, 15) is 14.4 Å². The number of nitrogens with one attached hydrogen (secondary N) is 1. The number of imide groups is 1. The average molecular weight is 372 g/mol. The van der Waals surface area contributed by atoms with Crippen molar-refractivity contribution in [1.82, 2.24) is 10.2 Å². The van der Waals surface area contributed by atoms with E-state index < -0.39 is 0 Å². The summed E-state index contributed by atoms with van der Waals surface area (Å²) in [6, 6.07) is 11.3. The minimum atomic E-state index is -0.319. The zero-order chi connectivity index (χ0) is 17.8. The van der Waals surface area contributed by atoms with E-state index in [0.717, 1.165) is 22.9 Å². The fraction of sp³-hybridized carbons (Fsp3) is 0.167. The maximum Gasteiger partial charge on any atom is 0.293 e. The molecule has 2 aromatic rings. The molecule has 0 radical (unpaired) electrons. The predicted octanol–water partition coefficient (Wildman–Crippen LogP) is 3.52. The third-order valence-electron chi connectivity index (χ3n) is 3.66. The highest BCUT2D eigenvalue weighted by molar-refractivity contribution is 8.18. The Hall–Kier alpha value is -2.38. The van der Waals surface area contributed by atoms with Crippen LogP contribution in [-0.4, -0.2) is 35.0 Å². The lowest BCUT2D eigenvalue weighted by atomic mass is 10.2. The summed E-state index contributed by atoms with van der Waals surface area (Å²) in [5.74, 6) is -0.500. The van der Waals surface area contributed by atoms with E-state index in [2.05, 4.69) is 5.32 Å². The molecule has 1 aliphatic heterocycles. The van der Waals surface area contributed by atoms with Crippen LogP contribution in [0.15, 0.2) is 46.7 Å². The van der Waals surface area contributed by atoms with Crippen LogP contribution in [0.1, 0.15) is 20.8 Å². The summed E-state index contributed by atoms with van der Waals surface area (Å²) in [6.07, 6.45) is 1.71. The van der Waals surface area contributed by atoms with Gasteiger partial charge in [0.05, 0.1) is 9.78 Å². The van der Waals surface area contributed by atoms with Crippen molar-refractivity contribution in [3.63, 3.8) is 0 Å². The number of carbonyl (C=O) groups excluding carboxylic acids is 3. The lowest BCUT2D eigenvalue weighted by Crippen LogP contribution is -2.37. The zero-order valence-electron chi connectivity index (χ0n) is 13.5. The standard InChI is InChI=1S/C18H16N2O3S2/c1-12-7-10-24-15(12)16(21)19-8-9-20-17(22)14(25-18(20)23)11-13-5-3-2-4-6-13/h2-7,10-11H,8-9H2,1H3,(H,19,21)/b14-11-. The molecule has 0 bridgehead atoms. The number of hydrogen-bond acceptors (Lipinski definition) is 5. The van der Waals surface area contributed by atoms with Gasteiger partial charge in [0.15, 0.2) is 0 Å². The van der Waals surface area contributed by atoms with E-state index in [-0.39, 0.29) is 30.1 Å². The smallest absolute Gasteiger partial charge is 0.293 e. The van der Waals surface area contributed by atoms with Gasteiger partial charge in [-0.1, -0.05) is 30.3 Å². The Balaban J connectivity index is 1.59. The Kier molecular flexibility index (Phi) is 5.35. The van der Waals surface area contributed by atoms with Gasteiger partial charge >= 0.3 is 0 Å². The minimum absolute atomic E-state index is 0.160. The van der Waals surface area contributed by atoms with Crippen LogP contribution in [0.4, 0.5) is 4.79 Å². The van der Waals surface area contributed by atoms with Crippen LogP contribution in [0.25, 0.3) is 6.08 Å². The van der Waals surface area contributed by atoms with Gasteiger partial charge < -0.3 is 5.32 Å². The number of benzene rings is 1. The monoisotopic (exact) mass is 372 g/mol. The number of thioether (sulfide) groups is 1. The Morgan fingerprint density at radius 1 is 1.20 bits per heavy atom. The number of aryl methyl sites for hydroxylation is 1. The van der Waals surface area contributed by atoms with E-state index in [1.54, 1.807) is 6.08 Å². The molecule has 1 fully saturated rings. The summed E-state index contributed by atoms with van der Waals surface area (Å²) in [6.45, 7) is 2.26. The van der Waals surface area contributed by atoms with Gasteiger partial charge in [0.1, 0.15) is 0 Å². The maximum absolute atomic E-state index is 12.4. The lowest BCUT2D eigenvalue weighted by molar-refractivity contribution is -0.122. The molecule has 1 aliphatic rings. The average Bonchev–Trinajstić information content (AvgIpc) is 3.14. The van der Waals surface area contributed by atoms with Crippen molar-refractivity contribution in [2.75, 3.05) is 13.1 Å². The molecule has 3 rings (SSSR count). The van der Waals surface area contributed by atoms with E-state index in [1.807, 2.05) is 48.7 Å². The van der Waals surface area contributed by atoms with Crippen molar-refractivity contribution in [1.29, 1.82) is 0 Å². The van der Waals surface area contributed by atoms with Gasteiger partial charge in [-0.3, -0.25) is 19.3 Å². The van der Waals surface area contributed by atoms with Gasteiger partial charge in [0.25, 0.3) is 17.1 Å². The van der Waals surface area contributed by atoms with Gasteiger partial charge in [-0.2, -0.15) is 0 Å². The van der Waals surface area contributed by atoms with Gasteiger partial charge in [-0.25, -0.2) is 0 Å². The van der Waals surface area contributed by atoms with E-state index in [1.165, 1.54) is 16.2 Å². The summed E-state index contributed by atoms with van der Waals surface area (Å²) < 4.78 is 0. The molecular weight excluding hydrogens is 356 g/mol. The van der Waals surface area contributed by atoms with Gasteiger partial charge in [-0.05, 0) is 47.3 Å². The summed E-state index contributed by atoms with van der Waals surface area (Å²) in [4.78, 5) is 38.7. The minimum Gasteiger partial charge on any atom is -0.350 e. The van der Waals surface area contributed by atoms with Gasteiger partial charge in [0.2, 0.25) is 0 Å². The van der Waals surface area contributed by atoms with Crippen LogP contribution in [0.2, 0.25) is 0 Å². The highest BCUT2D eigenvalue weighted by atomic mass is 32.2. The molecule has 0 atom stereocenters. The molecule has 0 spiro atoms. The topological polar surface area (TPSA) is 66.5 Å². The second-order valence-electron chi connectivity index (χ2n) is 5.43. The van der Waals surface area contributed by atoms with Crippen molar-refractivity contribution < 1.29 is 14.4 Å². The number of nitrogens with zero attached hydrogens (tertiary/aromatic N) is 1. The SMILES string of the molecule is Cc1ccsc1C(=O)NCCN1C(=O)S/C(=C\c2ccccc2)C1=O. The molecule has 0 unspecified atom stereocenters. The molecule has 25 heavy (non-hydrogen) atoms. The molecule has 128 valence electrons. The number of amides is 3. The van der Waals surface area contributed by atoms with Crippen LogP contribution in [0.5, 0.6) is 0 Å². The molecule has 1 saturated heterocycles. The third-order valence-corrected chi connectivity index (χ3v) is 5.58. The van der Waals surface area contributed by atoms with E-state index in [0.29, 0.717) is 9.78 Å². The molecule has 0 aliphatic carbocycles. The van der Waals surface area contributed by atoms with Crippen molar-refractivity contribution >= 4 is 46.2 Å². The van der Waals surface area contributed by atoms with Crippen molar-refractivity contribution in [2.24, 2.45) is 0 Å². The van der Waals surface area contributed by atoms with Crippen LogP contribution in [-0.2, 0) is 4.79 Å². The van der Waals surface area contributed by atoms with Gasteiger partial charge in [0, 0.05) is 13.1 Å². The summed E-state index contributed by atoms with van der Waals surface area (Å²) >= 11 is 2.29. The quantitative estimate of drug-likeness (QED) is 0.816. The first-order valence-electron chi connectivity index (χ1n) is 7.69. The Morgan fingerprint density at radius 3 is 2.64 bits per heavy atom. The Labute approximate surface area is 153 Å². The van der Waals surface area contributed by atoms with Gasteiger partial charge in [-0.15, -0.1) is 11.3 Å². The predicted molar refractivity (Wildman–Crippen MR) is 101 cm³/mol. The first kappa shape index (κ1) is 17.4. The fourth-order valence-electron chi connectivity index (χ4n) is 2.36. The molecule has 3 amide bonds. The maximum atomic E-state index is 12.4. The molecule has 2 heterocycles. The number of hydrogen-bond donors (Lipinski definition) is 1. The largest absolute Gasteiger partial charge is 0.350 e. The number of carbonyl (C=O) groups is 3. The molecule has 0 saturated carbocycles. The lowest BCUT2D eigenvalue weighted by Gasteiger charge is -2.12. The van der Waals surface area contributed by atoms with Crippen LogP contribution in [0, 0.1) is 6.92 Å². The van der Waals surface area contributed by atoms with Crippen molar-refractivity contribution in [3.8, 4) is 0 Å². The highest BCUT2D eigenvalue weighted by Crippen LogP contribution is 2.31. The second kappa shape index (κ2) is 7.67. The Morgan fingerprint density at radius 2 is 1.96 bits per heavy atom.